The highest BCUT2D eigenvalue weighted by Gasteiger charge is 2.18. The zero-order valence-corrected chi connectivity index (χ0v) is 12.0. The van der Waals surface area contributed by atoms with E-state index in [2.05, 4.69) is 10.3 Å². The number of nitrogens with zero attached hydrogens (tertiary/aromatic N) is 1. The molecular weight excluding hydrogens is 256 g/mol. The Morgan fingerprint density at radius 3 is 2.60 bits per heavy atom. The molecule has 1 unspecified atom stereocenters. The summed E-state index contributed by atoms with van der Waals surface area (Å²) >= 11 is 0. The molecule has 2 N–H and O–H groups in total. The SMILES string of the molecule is Cc1cc(NC(C)c2ccc(C)o2)c(C(=O)O)c(C)n1. The number of aromatic carboxylic acids is 1. The number of carboxylic acids is 1. The van der Waals surface area contributed by atoms with Gasteiger partial charge in [0.1, 0.15) is 17.1 Å². The first kappa shape index (κ1) is 14.1. The van der Waals surface area contributed by atoms with Crippen LogP contribution in [0.2, 0.25) is 0 Å². The molecule has 0 saturated heterocycles. The summed E-state index contributed by atoms with van der Waals surface area (Å²) in [5.41, 5.74) is 2.04. The molecule has 0 amide bonds. The van der Waals surface area contributed by atoms with Crippen molar-refractivity contribution in [2.24, 2.45) is 0 Å². The topological polar surface area (TPSA) is 75.4 Å². The highest BCUT2D eigenvalue weighted by molar-refractivity contribution is 5.95. The number of furan rings is 1. The van der Waals surface area contributed by atoms with Crippen LogP contribution in [0.25, 0.3) is 0 Å². The Balaban J connectivity index is 2.35. The van der Waals surface area contributed by atoms with Crippen LogP contribution in [0.15, 0.2) is 22.6 Å². The highest BCUT2D eigenvalue weighted by Crippen LogP contribution is 2.25. The second-order valence-corrected chi connectivity index (χ2v) is 4.89. The molecule has 5 heteroatoms. The number of aromatic nitrogens is 1. The Bertz CT molecular complexity index is 647. The second kappa shape index (κ2) is 5.36. The molecule has 0 aliphatic rings. The lowest BCUT2D eigenvalue weighted by Crippen LogP contribution is -2.13. The van der Waals surface area contributed by atoms with E-state index in [9.17, 15) is 9.90 Å². The maximum absolute atomic E-state index is 11.4. The van der Waals surface area contributed by atoms with E-state index in [-0.39, 0.29) is 11.6 Å². The Morgan fingerprint density at radius 2 is 2.05 bits per heavy atom. The Kier molecular flexibility index (Phi) is 3.79. The van der Waals surface area contributed by atoms with Gasteiger partial charge < -0.3 is 14.8 Å². The zero-order chi connectivity index (χ0) is 14.9. The minimum Gasteiger partial charge on any atom is -0.478 e. The molecule has 2 aromatic rings. The fourth-order valence-electron chi connectivity index (χ4n) is 2.20. The molecule has 1 atom stereocenters. The van der Waals surface area contributed by atoms with Crippen molar-refractivity contribution in [3.63, 3.8) is 0 Å². The number of carboxylic acid groups (broad SMARTS) is 1. The molecule has 0 fully saturated rings. The molecular formula is C15H18N2O3. The molecule has 106 valence electrons. The molecule has 0 aromatic carbocycles. The van der Waals surface area contributed by atoms with E-state index in [1.165, 1.54) is 0 Å². The molecule has 0 spiro atoms. The largest absolute Gasteiger partial charge is 0.478 e. The Morgan fingerprint density at radius 1 is 1.35 bits per heavy atom. The Labute approximate surface area is 117 Å². The summed E-state index contributed by atoms with van der Waals surface area (Å²) < 4.78 is 5.55. The third kappa shape index (κ3) is 2.82. The van der Waals surface area contributed by atoms with Crippen LogP contribution in [0.1, 0.15) is 46.2 Å². The molecule has 5 nitrogen and oxygen atoms in total. The Hall–Kier alpha value is -2.30. The molecule has 2 heterocycles. The van der Waals surface area contributed by atoms with Gasteiger partial charge >= 0.3 is 5.97 Å². The zero-order valence-electron chi connectivity index (χ0n) is 12.0. The van der Waals surface area contributed by atoms with Crippen molar-refractivity contribution in [2.45, 2.75) is 33.7 Å². The van der Waals surface area contributed by atoms with E-state index in [0.29, 0.717) is 11.4 Å². The predicted molar refractivity (Wildman–Crippen MR) is 76.2 cm³/mol. The summed E-state index contributed by atoms with van der Waals surface area (Å²) in [5, 5.41) is 12.5. The number of anilines is 1. The van der Waals surface area contributed by atoms with Crippen molar-refractivity contribution in [3.05, 3.63) is 46.7 Å². The first-order valence-corrected chi connectivity index (χ1v) is 6.43. The van der Waals surface area contributed by atoms with Crippen LogP contribution < -0.4 is 5.32 Å². The van der Waals surface area contributed by atoms with Crippen molar-refractivity contribution < 1.29 is 14.3 Å². The lowest BCUT2D eigenvalue weighted by molar-refractivity contribution is 0.0696. The standard InChI is InChI=1S/C15H18N2O3/c1-8-7-12(14(15(18)19)11(4)16-8)17-10(3)13-6-5-9(2)20-13/h5-7,10H,1-4H3,(H,16,17)(H,18,19). The van der Waals surface area contributed by atoms with Gasteiger partial charge in [-0.25, -0.2) is 4.79 Å². The fourth-order valence-corrected chi connectivity index (χ4v) is 2.20. The van der Waals surface area contributed by atoms with Crippen molar-refractivity contribution in [1.29, 1.82) is 0 Å². The number of nitrogens with one attached hydrogen (secondary N) is 1. The van der Waals surface area contributed by atoms with Crippen molar-refractivity contribution in [2.75, 3.05) is 5.32 Å². The first-order chi connectivity index (χ1) is 9.38. The maximum Gasteiger partial charge on any atom is 0.339 e. The van der Waals surface area contributed by atoms with Crippen LogP contribution in [0.4, 0.5) is 5.69 Å². The van der Waals surface area contributed by atoms with Crippen LogP contribution in [0, 0.1) is 20.8 Å². The van der Waals surface area contributed by atoms with E-state index in [1.807, 2.05) is 32.9 Å². The number of pyridine rings is 1. The molecule has 2 rings (SSSR count). The normalized spacial score (nSPS) is 12.2. The molecule has 0 saturated carbocycles. The highest BCUT2D eigenvalue weighted by atomic mass is 16.4. The molecule has 0 bridgehead atoms. The summed E-state index contributed by atoms with van der Waals surface area (Å²) in [6, 6.07) is 5.38. The van der Waals surface area contributed by atoms with Gasteiger partial charge in [-0.15, -0.1) is 0 Å². The summed E-state index contributed by atoms with van der Waals surface area (Å²) in [4.78, 5) is 15.6. The van der Waals surface area contributed by atoms with Crippen LogP contribution >= 0.6 is 0 Å². The molecule has 20 heavy (non-hydrogen) atoms. The van der Waals surface area contributed by atoms with E-state index < -0.39 is 5.97 Å². The summed E-state index contributed by atoms with van der Waals surface area (Å²) in [6.45, 7) is 7.34. The minimum absolute atomic E-state index is 0.122. The lowest BCUT2D eigenvalue weighted by atomic mass is 10.1. The van der Waals surface area contributed by atoms with E-state index in [1.54, 1.807) is 13.0 Å². The molecule has 2 aromatic heterocycles. The first-order valence-electron chi connectivity index (χ1n) is 6.43. The smallest absolute Gasteiger partial charge is 0.339 e. The van der Waals surface area contributed by atoms with Gasteiger partial charge in [-0.1, -0.05) is 0 Å². The molecule has 0 radical (unpaired) electrons. The average Bonchev–Trinajstić information content (AvgIpc) is 2.74. The van der Waals surface area contributed by atoms with Crippen molar-refractivity contribution >= 4 is 11.7 Å². The van der Waals surface area contributed by atoms with Gasteiger partial charge in [-0.05, 0) is 45.9 Å². The number of rotatable bonds is 4. The van der Waals surface area contributed by atoms with Gasteiger partial charge in [0.2, 0.25) is 0 Å². The predicted octanol–water partition coefficient (Wildman–Crippen LogP) is 3.47. The van der Waals surface area contributed by atoms with E-state index in [0.717, 1.165) is 17.2 Å². The van der Waals surface area contributed by atoms with Crippen LogP contribution in [0.5, 0.6) is 0 Å². The monoisotopic (exact) mass is 274 g/mol. The number of hydrogen-bond acceptors (Lipinski definition) is 4. The summed E-state index contributed by atoms with van der Waals surface area (Å²) in [6.07, 6.45) is 0. The third-order valence-corrected chi connectivity index (χ3v) is 3.10. The van der Waals surface area contributed by atoms with Gasteiger partial charge in [-0.3, -0.25) is 4.98 Å². The van der Waals surface area contributed by atoms with Gasteiger partial charge in [0.25, 0.3) is 0 Å². The molecule has 0 aliphatic heterocycles. The van der Waals surface area contributed by atoms with Gasteiger partial charge in [0.05, 0.1) is 17.4 Å². The van der Waals surface area contributed by atoms with Crippen LogP contribution in [-0.2, 0) is 0 Å². The quantitative estimate of drug-likeness (QED) is 0.892. The average molecular weight is 274 g/mol. The maximum atomic E-state index is 11.4. The van der Waals surface area contributed by atoms with Gasteiger partial charge in [-0.2, -0.15) is 0 Å². The lowest BCUT2D eigenvalue weighted by Gasteiger charge is -2.16. The number of hydrogen-bond donors (Lipinski definition) is 2. The minimum atomic E-state index is -0.986. The van der Waals surface area contributed by atoms with E-state index in [4.69, 9.17) is 4.42 Å². The summed E-state index contributed by atoms with van der Waals surface area (Å²) in [5.74, 6) is 0.612. The number of aryl methyl sites for hydroxylation is 3. The van der Waals surface area contributed by atoms with Crippen LogP contribution in [-0.4, -0.2) is 16.1 Å². The summed E-state index contributed by atoms with van der Waals surface area (Å²) in [7, 11) is 0. The number of carbonyl (C=O) groups is 1. The van der Waals surface area contributed by atoms with Crippen molar-refractivity contribution in [1.82, 2.24) is 4.98 Å². The molecule has 0 aliphatic carbocycles. The fraction of sp³-hybridized carbons (Fsp3) is 0.333. The van der Waals surface area contributed by atoms with Crippen molar-refractivity contribution in [3.8, 4) is 0 Å². The van der Waals surface area contributed by atoms with Gasteiger partial charge in [0.15, 0.2) is 0 Å². The van der Waals surface area contributed by atoms with E-state index >= 15 is 0 Å². The third-order valence-electron chi connectivity index (χ3n) is 3.10. The second-order valence-electron chi connectivity index (χ2n) is 4.89. The van der Waals surface area contributed by atoms with Gasteiger partial charge in [0, 0.05) is 5.69 Å². The van der Waals surface area contributed by atoms with Crippen LogP contribution in [0.3, 0.4) is 0 Å².